The van der Waals surface area contributed by atoms with Gasteiger partial charge < -0.3 is 4.79 Å². The fourth-order valence-electron chi connectivity index (χ4n) is 3.40. The molecule has 2 aromatic heterocycles. The number of Topliss-reactive ketones (excluding diaryl/α,β-unsaturated/α-hetero) is 2. The van der Waals surface area contributed by atoms with Crippen LogP contribution in [0, 0.1) is 5.92 Å². The maximum Gasteiger partial charge on any atom is 0.135 e. The first-order valence-corrected chi connectivity index (χ1v) is 11.4. The maximum atomic E-state index is 11.7. The fourth-order valence-corrected chi connectivity index (χ4v) is 3.40. The van der Waals surface area contributed by atoms with Crippen molar-refractivity contribution in [2.24, 2.45) is 5.92 Å². The highest BCUT2D eigenvalue weighted by Gasteiger charge is 2.09. The third kappa shape index (κ3) is 6.93. The molecule has 8 nitrogen and oxygen atoms in total. The monoisotopic (exact) mass is 436 g/mol. The lowest BCUT2D eigenvalue weighted by Gasteiger charge is -2.03. The molecule has 0 spiro atoms. The molecule has 0 aliphatic carbocycles. The van der Waals surface area contributed by atoms with Crippen LogP contribution < -0.4 is 0 Å². The molecule has 32 heavy (non-hydrogen) atoms. The Balaban J connectivity index is 1.50. The zero-order chi connectivity index (χ0) is 22.9. The first-order valence-electron chi connectivity index (χ1n) is 11.4. The van der Waals surface area contributed by atoms with Gasteiger partial charge in [0.1, 0.15) is 23.0 Å². The van der Waals surface area contributed by atoms with E-state index in [0.717, 1.165) is 61.3 Å². The van der Waals surface area contributed by atoms with E-state index in [1.165, 1.54) is 0 Å². The largest absolute Gasteiger partial charge is 0.300 e. The Bertz CT molecular complexity index is 1020. The van der Waals surface area contributed by atoms with Gasteiger partial charge in [0.2, 0.25) is 0 Å². The molecule has 0 N–H and O–H groups in total. The fraction of sp³-hybridized carbons (Fsp3) is 0.500. The van der Waals surface area contributed by atoms with E-state index in [0.29, 0.717) is 18.6 Å². The van der Waals surface area contributed by atoms with Crippen LogP contribution in [0.3, 0.4) is 0 Å². The lowest BCUT2D eigenvalue weighted by Crippen LogP contribution is -2.07. The molecule has 0 fully saturated rings. The van der Waals surface area contributed by atoms with Crippen LogP contribution in [0.5, 0.6) is 0 Å². The van der Waals surface area contributed by atoms with E-state index in [1.807, 2.05) is 59.9 Å². The molecule has 2 heterocycles. The van der Waals surface area contributed by atoms with Crippen LogP contribution in [-0.4, -0.2) is 41.6 Å². The number of aryl methyl sites for hydroxylation is 2. The summed E-state index contributed by atoms with van der Waals surface area (Å²) in [5.41, 5.74) is 3.63. The van der Waals surface area contributed by atoms with E-state index in [4.69, 9.17) is 0 Å². The minimum Gasteiger partial charge on any atom is -0.300 e. The summed E-state index contributed by atoms with van der Waals surface area (Å²) in [7, 11) is 0. The van der Waals surface area contributed by atoms with Gasteiger partial charge in [-0.3, -0.25) is 14.2 Å². The van der Waals surface area contributed by atoms with Gasteiger partial charge in [-0.1, -0.05) is 48.5 Å². The summed E-state index contributed by atoms with van der Waals surface area (Å²) >= 11 is 0. The molecular formula is C24H32N6O2. The highest BCUT2D eigenvalue weighted by molar-refractivity contribution is 5.80. The number of ketones is 2. The molecule has 0 unspecified atom stereocenters. The SMILES string of the molecule is CC(=O)CCCCn1cc(-c2ccc(-c3cn(CCCCC(=O)C(C)C)nn3)cc2)nn1. The Morgan fingerprint density at radius 3 is 1.69 bits per heavy atom. The van der Waals surface area contributed by atoms with Crippen molar-refractivity contribution in [1.82, 2.24) is 30.0 Å². The number of rotatable bonds is 13. The number of carbonyl (C=O) groups excluding carboxylic acids is 2. The first kappa shape index (κ1) is 23.5. The minimum absolute atomic E-state index is 0.109. The Hall–Kier alpha value is -3.16. The summed E-state index contributed by atoms with van der Waals surface area (Å²) in [6, 6.07) is 8.04. The van der Waals surface area contributed by atoms with Crippen LogP contribution >= 0.6 is 0 Å². The zero-order valence-corrected chi connectivity index (χ0v) is 19.2. The minimum atomic E-state index is 0.109. The molecule has 0 saturated carbocycles. The Morgan fingerprint density at radius 1 is 0.781 bits per heavy atom. The average Bonchev–Trinajstić information content (AvgIpc) is 3.44. The van der Waals surface area contributed by atoms with Gasteiger partial charge in [-0.25, -0.2) is 0 Å². The third-order valence-electron chi connectivity index (χ3n) is 5.42. The highest BCUT2D eigenvalue weighted by Crippen LogP contribution is 2.22. The van der Waals surface area contributed by atoms with Gasteiger partial charge in [-0.05, 0) is 32.6 Å². The number of carbonyl (C=O) groups is 2. The number of aromatic nitrogens is 6. The van der Waals surface area contributed by atoms with Crippen LogP contribution in [0.2, 0.25) is 0 Å². The molecule has 8 heteroatoms. The number of unbranched alkanes of at least 4 members (excludes halogenated alkanes) is 2. The Labute approximate surface area is 189 Å². The van der Waals surface area contributed by atoms with Gasteiger partial charge in [-0.2, -0.15) is 0 Å². The number of nitrogens with zero attached hydrogens (tertiary/aromatic N) is 6. The summed E-state index contributed by atoms with van der Waals surface area (Å²) in [4.78, 5) is 22.7. The molecule has 0 bridgehead atoms. The molecule has 0 amide bonds. The van der Waals surface area contributed by atoms with Crippen molar-refractivity contribution in [3.8, 4) is 22.5 Å². The molecule has 3 rings (SSSR count). The van der Waals surface area contributed by atoms with Crippen LogP contribution in [0.25, 0.3) is 22.5 Å². The summed E-state index contributed by atoms with van der Waals surface area (Å²) < 4.78 is 3.66. The van der Waals surface area contributed by atoms with Crippen molar-refractivity contribution < 1.29 is 9.59 Å². The molecule has 3 aromatic rings. The number of hydrogen-bond donors (Lipinski definition) is 0. The van der Waals surface area contributed by atoms with E-state index < -0.39 is 0 Å². The van der Waals surface area contributed by atoms with E-state index in [2.05, 4.69) is 20.6 Å². The van der Waals surface area contributed by atoms with Crippen molar-refractivity contribution in [3.63, 3.8) is 0 Å². The van der Waals surface area contributed by atoms with Gasteiger partial charge in [-0.15, -0.1) is 10.2 Å². The predicted octanol–water partition coefficient (Wildman–Crippen LogP) is 4.36. The van der Waals surface area contributed by atoms with Crippen LogP contribution in [0.4, 0.5) is 0 Å². The lowest BCUT2D eigenvalue weighted by atomic mass is 10.0. The normalized spacial score (nSPS) is 11.2. The molecule has 0 aliphatic heterocycles. The van der Waals surface area contributed by atoms with Gasteiger partial charge >= 0.3 is 0 Å². The lowest BCUT2D eigenvalue weighted by molar-refractivity contribution is -0.122. The molecular weight excluding hydrogens is 404 g/mol. The summed E-state index contributed by atoms with van der Waals surface area (Å²) in [6.07, 6.45) is 8.68. The Morgan fingerprint density at radius 2 is 1.25 bits per heavy atom. The summed E-state index contributed by atoms with van der Waals surface area (Å²) in [5.74, 6) is 0.651. The highest BCUT2D eigenvalue weighted by atomic mass is 16.1. The zero-order valence-electron chi connectivity index (χ0n) is 19.2. The molecule has 170 valence electrons. The Kier molecular flexibility index (Phi) is 8.41. The van der Waals surface area contributed by atoms with Gasteiger partial charge in [0.05, 0.1) is 12.4 Å². The maximum absolute atomic E-state index is 11.7. The van der Waals surface area contributed by atoms with Crippen molar-refractivity contribution in [2.45, 2.75) is 72.4 Å². The van der Waals surface area contributed by atoms with Gasteiger partial charge in [0.15, 0.2) is 0 Å². The van der Waals surface area contributed by atoms with E-state index >= 15 is 0 Å². The third-order valence-corrected chi connectivity index (χ3v) is 5.42. The molecule has 0 saturated heterocycles. The summed E-state index contributed by atoms with van der Waals surface area (Å²) in [6.45, 7) is 7.02. The average molecular weight is 437 g/mol. The van der Waals surface area contributed by atoms with Gasteiger partial charge in [0, 0.05) is 43.0 Å². The molecule has 0 radical (unpaired) electrons. The van der Waals surface area contributed by atoms with Crippen molar-refractivity contribution in [2.75, 3.05) is 0 Å². The van der Waals surface area contributed by atoms with Crippen LogP contribution in [0.15, 0.2) is 36.7 Å². The molecule has 0 aliphatic rings. The number of benzene rings is 1. The second-order valence-corrected chi connectivity index (χ2v) is 8.55. The van der Waals surface area contributed by atoms with Gasteiger partial charge in [0.25, 0.3) is 0 Å². The molecule has 0 atom stereocenters. The molecule has 1 aromatic carbocycles. The standard InChI is InChI=1S/C24H32N6O2/c1-18(2)24(32)9-5-7-15-30-17-23(26-28-30)21-12-10-20(11-13-21)22-16-29(27-25-22)14-6-4-8-19(3)31/h10-13,16-18H,4-9,14-15H2,1-3H3. The van der Waals surface area contributed by atoms with Crippen molar-refractivity contribution >= 4 is 11.6 Å². The van der Waals surface area contributed by atoms with Crippen LogP contribution in [-0.2, 0) is 22.7 Å². The van der Waals surface area contributed by atoms with E-state index in [-0.39, 0.29) is 11.7 Å². The quantitative estimate of drug-likeness (QED) is 0.370. The second kappa shape index (κ2) is 11.5. The topological polar surface area (TPSA) is 95.6 Å². The smallest absolute Gasteiger partial charge is 0.135 e. The number of hydrogen-bond acceptors (Lipinski definition) is 6. The predicted molar refractivity (Wildman–Crippen MR) is 123 cm³/mol. The second-order valence-electron chi connectivity index (χ2n) is 8.55. The van der Waals surface area contributed by atoms with E-state index in [9.17, 15) is 9.59 Å². The first-order chi connectivity index (χ1) is 15.4. The van der Waals surface area contributed by atoms with Crippen molar-refractivity contribution in [1.29, 1.82) is 0 Å². The van der Waals surface area contributed by atoms with Crippen molar-refractivity contribution in [3.05, 3.63) is 36.7 Å². The van der Waals surface area contributed by atoms with Crippen LogP contribution in [0.1, 0.15) is 59.3 Å². The summed E-state index contributed by atoms with van der Waals surface area (Å²) in [5, 5.41) is 16.9. The van der Waals surface area contributed by atoms with E-state index in [1.54, 1.807) is 6.92 Å².